The van der Waals surface area contributed by atoms with Crippen molar-refractivity contribution >= 4 is 21.8 Å². The van der Waals surface area contributed by atoms with Crippen LogP contribution in [0.4, 0.5) is 0 Å². The summed E-state index contributed by atoms with van der Waals surface area (Å²) in [5, 5.41) is 10.0. The van der Waals surface area contributed by atoms with Crippen molar-refractivity contribution in [2.24, 2.45) is 5.14 Å². The molecule has 1 fully saturated rings. The largest absolute Gasteiger partial charge is 0.345 e. The lowest BCUT2D eigenvalue weighted by Gasteiger charge is -2.06. The van der Waals surface area contributed by atoms with Crippen molar-refractivity contribution in [1.82, 2.24) is 10.6 Å². The van der Waals surface area contributed by atoms with Crippen molar-refractivity contribution in [3.63, 3.8) is 0 Å². The first-order valence-corrected chi connectivity index (χ1v) is 7.61. The average molecular weight is 297 g/mol. The van der Waals surface area contributed by atoms with Crippen molar-refractivity contribution in [1.29, 1.82) is 0 Å². The minimum atomic E-state index is -3.72. The van der Waals surface area contributed by atoms with Crippen LogP contribution in [0.5, 0.6) is 0 Å². The lowest BCUT2D eigenvalue weighted by atomic mass is 10.2. The third-order valence-electron chi connectivity index (χ3n) is 2.82. The van der Waals surface area contributed by atoms with Crippen LogP contribution in [-0.4, -0.2) is 26.3 Å². The molecule has 1 aliphatic carbocycles. The fourth-order valence-electron chi connectivity index (χ4n) is 1.54. The Bertz CT molecular complexity index is 621. The molecule has 0 spiro atoms. The Morgan fingerprint density at radius 1 is 1.15 bits per heavy atom. The first-order chi connectivity index (χ1) is 9.36. The molecule has 0 bridgehead atoms. The van der Waals surface area contributed by atoms with E-state index in [0.717, 1.165) is 12.8 Å². The number of benzene rings is 1. The molecule has 2 amide bonds. The van der Waals surface area contributed by atoms with Gasteiger partial charge in [-0.1, -0.05) is 12.1 Å². The first-order valence-electron chi connectivity index (χ1n) is 6.07. The fourth-order valence-corrected chi connectivity index (χ4v) is 2.05. The molecule has 2 rings (SSSR count). The van der Waals surface area contributed by atoms with Gasteiger partial charge < -0.3 is 10.6 Å². The van der Waals surface area contributed by atoms with Crippen molar-refractivity contribution in [3.05, 3.63) is 29.8 Å². The predicted molar refractivity (Wildman–Crippen MR) is 70.8 cm³/mol. The zero-order chi connectivity index (χ0) is 14.8. The molecule has 8 heteroatoms. The van der Waals surface area contributed by atoms with Gasteiger partial charge in [0.1, 0.15) is 0 Å². The number of rotatable bonds is 4. The van der Waals surface area contributed by atoms with Gasteiger partial charge in [0.2, 0.25) is 10.0 Å². The molecule has 108 valence electrons. The molecule has 0 unspecified atom stereocenters. The summed E-state index contributed by atoms with van der Waals surface area (Å²) in [6.07, 6.45) is 1.82. The number of hydrogen-bond donors (Lipinski definition) is 3. The SMILES string of the molecule is NS(=O)(=O)c1ccc(CNC(=O)C(=O)NC2CC2)cc1. The van der Waals surface area contributed by atoms with Gasteiger partial charge in [0.05, 0.1) is 4.90 Å². The number of carbonyl (C=O) groups is 2. The van der Waals surface area contributed by atoms with Crippen molar-refractivity contribution in [3.8, 4) is 0 Å². The van der Waals surface area contributed by atoms with Gasteiger partial charge in [-0.15, -0.1) is 0 Å². The van der Waals surface area contributed by atoms with Crippen LogP contribution in [0.25, 0.3) is 0 Å². The summed E-state index contributed by atoms with van der Waals surface area (Å²) in [7, 11) is -3.72. The van der Waals surface area contributed by atoms with Crippen LogP contribution in [0.2, 0.25) is 0 Å². The van der Waals surface area contributed by atoms with Crippen LogP contribution in [0, 0.1) is 0 Å². The molecule has 1 aromatic carbocycles. The molecule has 0 saturated heterocycles. The average Bonchev–Trinajstić information content (AvgIpc) is 3.19. The van der Waals surface area contributed by atoms with E-state index in [-0.39, 0.29) is 17.5 Å². The molecule has 0 heterocycles. The number of nitrogens with two attached hydrogens (primary N) is 1. The molecule has 0 atom stereocenters. The Labute approximate surface area is 116 Å². The fraction of sp³-hybridized carbons (Fsp3) is 0.333. The Kier molecular flexibility index (Phi) is 4.05. The van der Waals surface area contributed by atoms with Crippen LogP contribution in [-0.2, 0) is 26.2 Å². The molecule has 4 N–H and O–H groups in total. The highest BCUT2D eigenvalue weighted by atomic mass is 32.2. The summed E-state index contributed by atoms with van der Waals surface area (Å²) in [5.41, 5.74) is 0.671. The highest BCUT2D eigenvalue weighted by Gasteiger charge is 2.26. The summed E-state index contributed by atoms with van der Waals surface area (Å²) >= 11 is 0. The maximum atomic E-state index is 11.5. The second-order valence-electron chi connectivity index (χ2n) is 4.62. The summed E-state index contributed by atoms with van der Waals surface area (Å²) in [4.78, 5) is 22.8. The van der Waals surface area contributed by atoms with E-state index in [0.29, 0.717) is 5.56 Å². The van der Waals surface area contributed by atoms with Crippen molar-refractivity contribution in [2.45, 2.75) is 30.3 Å². The van der Waals surface area contributed by atoms with Gasteiger partial charge >= 0.3 is 11.8 Å². The maximum Gasteiger partial charge on any atom is 0.309 e. The monoisotopic (exact) mass is 297 g/mol. The van der Waals surface area contributed by atoms with E-state index in [9.17, 15) is 18.0 Å². The van der Waals surface area contributed by atoms with Crippen LogP contribution >= 0.6 is 0 Å². The highest BCUT2D eigenvalue weighted by Crippen LogP contribution is 2.18. The Morgan fingerprint density at radius 3 is 2.25 bits per heavy atom. The molecule has 0 radical (unpaired) electrons. The zero-order valence-electron chi connectivity index (χ0n) is 10.6. The maximum absolute atomic E-state index is 11.5. The number of sulfonamides is 1. The third-order valence-corrected chi connectivity index (χ3v) is 3.75. The third kappa shape index (κ3) is 4.04. The summed E-state index contributed by atoms with van der Waals surface area (Å²) in [5.74, 6) is -1.35. The zero-order valence-corrected chi connectivity index (χ0v) is 11.4. The summed E-state index contributed by atoms with van der Waals surface area (Å²) < 4.78 is 22.1. The molecule has 0 aliphatic heterocycles. The number of hydrogen-bond acceptors (Lipinski definition) is 4. The second kappa shape index (κ2) is 5.59. The van der Waals surface area contributed by atoms with Gasteiger partial charge in [0, 0.05) is 12.6 Å². The highest BCUT2D eigenvalue weighted by molar-refractivity contribution is 7.89. The molecule has 20 heavy (non-hydrogen) atoms. The smallest absolute Gasteiger partial charge is 0.309 e. The van der Waals surface area contributed by atoms with E-state index in [2.05, 4.69) is 10.6 Å². The van der Waals surface area contributed by atoms with Gasteiger partial charge in [-0.2, -0.15) is 0 Å². The minimum absolute atomic E-state index is 0.000877. The molecule has 1 aromatic rings. The topological polar surface area (TPSA) is 118 Å². The molecular formula is C12H15N3O4S. The van der Waals surface area contributed by atoms with Crippen LogP contribution in [0.3, 0.4) is 0 Å². The Balaban J connectivity index is 1.87. The predicted octanol–water partition coefficient (Wildman–Crippen LogP) is -0.771. The van der Waals surface area contributed by atoms with E-state index in [1.54, 1.807) is 0 Å². The first kappa shape index (κ1) is 14.5. The normalized spacial score (nSPS) is 14.7. The van der Waals surface area contributed by atoms with Gasteiger partial charge in [0.15, 0.2) is 0 Å². The second-order valence-corrected chi connectivity index (χ2v) is 6.18. The van der Waals surface area contributed by atoms with Gasteiger partial charge in [-0.25, -0.2) is 13.6 Å². The molecule has 7 nitrogen and oxygen atoms in total. The van der Waals surface area contributed by atoms with Gasteiger partial charge in [-0.05, 0) is 30.5 Å². The Morgan fingerprint density at radius 2 is 1.75 bits per heavy atom. The van der Waals surface area contributed by atoms with E-state index in [1.807, 2.05) is 0 Å². The summed E-state index contributed by atoms with van der Waals surface area (Å²) in [6.45, 7) is 0.141. The van der Waals surface area contributed by atoms with E-state index >= 15 is 0 Å². The number of nitrogens with one attached hydrogen (secondary N) is 2. The van der Waals surface area contributed by atoms with Crippen molar-refractivity contribution in [2.75, 3.05) is 0 Å². The van der Waals surface area contributed by atoms with E-state index < -0.39 is 21.8 Å². The summed E-state index contributed by atoms with van der Waals surface area (Å²) in [6, 6.07) is 5.88. The van der Waals surface area contributed by atoms with Gasteiger partial charge in [0.25, 0.3) is 0 Å². The van der Waals surface area contributed by atoms with Crippen LogP contribution < -0.4 is 15.8 Å². The molecular weight excluding hydrogens is 282 g/mol. The molecule has 1 saturated carbocycles. The van der Waals surface area contributed by atoms with E-state index in [1.165, 1.54) is 24.3 Å². The van der Waals surface area contributed by atoms with Crippen LogP contribution in [0.1, 0.15) is 18.4 Å². The number of amides is 2. The molecule has 1 aliphatic rings. The van der Waals surface area contributed by atoms with Crippen molar-refractivity contribution < 1.29 is 18.0 Å². The quantitative estimate of drug-likeness (QED) is 0.632. The van der Waals surface area contributed by atoms with Crippen LogP contribution in [0.15, 0.2) is 29.2 Å². The van der Waals surface area contributed by atoms with Gasteiger partial charge in [-0.3, -0.25) is 9.59 Å². The lowest BCUT2D eigenvalue weighted by molar-refractivity contribution is -0.139. The standard InChI is InChI=1S/C12H15N3O4S/c13-20(18,19)10-5-1-8(2-6-10)7-14-11(16)12(17)15-9-3-4-9/h1-2,5-6,9H,3-4,7H2,(H,14,16)(H,15,17)(H2,13,18,19). The lowest BCUT2D eigenvalue weighted by Crippen LogP contribution is -2.40. The Hall–Kier alpha value is -1.93. The number of carbonyl (C=O) groups excluding carboxylic acids is 2. The number of primary sulfonamides is 1. The minimum Gasteiger partial charge on any atom is -0.345 e. The van der Waals surface area contributed by atoms with E-state index in [4.69, 9.17) is 5.14 Å². The molecule has 0 aromatic heterocycles.